The molecule has 11 aromatic rings. The molecule has 0 saturated carbocycles. The van der Waals surface area contributed by atoms with E-state index in [4.69, 9.17) is 9.40 Å². The van der Waals surface area contributed by atoms with Gasteiger partial charge in [0, 0.05) is 49.9 Å². The van der Waals surface area contributed by atoms with Gasteiger partial charge in [-0.05, 0) is 95.1 Å². The number of nitrogens with zero attached hydrogens (tertiary/aromatic N) is 3. The normalized spacial score (nSPS) is 11.9. The molecule has 0 bridgehead atoms. The Balaban J connectivity index is 1.06. The third kappa shape index (κ3) is 4.17. The van der Waals surface area contributed by atoms with Crippen LogP contribution < -0.4 is 0 Å². The van der Waals surface area contributed by atoms with Crippen molar-refractivity contribution in [3.05, 3.63) is 176 Å². The predicted octanol–water partition coefficient (Wildman–Crippen LogP) is 12.5. The minimum absolute atomic E-state index is 0.907. The predicted molar refractivity (Wildman–Crippen MR) is 211 cm³/mol. The molecule has 238 valence electrons. The van der Waals surface area contributed by atoms with Gasteiger partial charge in [-0.1, -0.05) is 97.1 Å². The van der Waals surface area contributed by atoms with Gasteiger partial charge in [0.2, 0.25) is 0 Å². The standard InChI is InChI=1S/C47H29N3O/c1-5-21-42-36(15-1)38-19-10-26-48-47(38)50(42)34-24-25-43-40(29-34)37-16-2-4-20-41(37)49(43)33-14-8-12-31(28-33)30-11-7-13-32(27-30)35-18-9-23-45-46(35)39-17-3-6-22-44(39)51-45/h1-29H. The number of furan rings is 1. The zero-order valence-corrected chi connectivity index (χ0v) is 27.5. The number of aromatic nitrogens is 3. The van der Waals surface area contributed by atoms with Gasteiger partial charge >= 0.3 is 0 Å². The molecule has 11 rings (SSSR count). The molecule has 0 radical (unpaired) electrons. The van der Waals surface area contributed by atoms with E-state index >= 15 is 0 Å². The van der Waals surface area contributed by atoms with Crippen LogP contribution in [0.2, 0.25) is 0 Å². The lowest BCUT2D eigenvalue weighted by molar-refractivity contribution is 0.669. The zero-order valence-electron chi connectivity index (χ0n) is 27.5. The van der Waals surface area contributed by atoms with Crippen molar-refractivity contribution in [2.45, 2.75) is 0 Å². The lowest BCUT2D eigenvalue weighted by atomic mass is 9.96. The monoisotopic (exact) mass is 651 g/mol. The summed E-state index contributed by atoms with van der Waals surface area (Å²) < 4.78 is 10.9. The van der Waals surface area contributed by atoms with Gasteiger partial charge in [-0.25, -0.2) is 4.98 Å². The van der Waals surface area contributed by atoms with E-state index in [1.165, 1.54) is 38.4 Å². The topological polar surface area (TPSA) is 35.9 Å². The van der Waals surface area contributed by atoms with Crippen LogP contribution in [0.5, 0.6) is 0 Å². The summed E-state index contributed by atoms with van der Waals surface area (Å²) in [6.45, 7) is 0. The van der Waals surface area contributed by atoms with Crippen molar-refractivity contribution in [3.63, 3.8) is 0 Å². The Morgan fingerprint density at radius 1 is 0.392 bits per heavy atom. The van der Waals surface area contributed by atoms with Crippen molar-refractivity contribution in [1.82, 2.24) is 14.1 Å². The molecule has 0 amide bonds. The first-order valence-electron chi connectivity index (χ1n) is 17.3. The summed E-state index contributed by atoms with van der Waals surface area (Å²) >= 11 is 0. The first-order valence-corrected chi connectivity index (χ1v) is 17.3. The Kier molecular flexibility index (Phi) is 5.92. The molecule has 0 aliphatic carbocycles. The maximum atomic E-state index is 6.22. The van der Waals surface area contributed by atoms with E-state index < -0.39 is 0 Å². The largest absolute Gasteiger partial charge is 0.456 e. The molecule has 4 aromatic heterocycles. The average Bonchev–Trinajstić information content (AvgIpc) is 3.86. The van der Waals surface area contributed by atoms with Gasteiger partial charge < -0.3 is 8.98 Å². The van der Waals surface area contributed by atoms with Gasteiger partial charge in [0.05, 0.1) is 16.6 Å². The van der Waals surface area contributed by atoms with E-state index in [9.17, 15) is 0 Å². The van der Waals surface area contributed by atoms with E-state index in [0.717, 1.165) is 60.9 Å². The Bertz CT molecular complexity index is 3100. The van der Waals surface area contributed by atoms with Crippen LogP contribution in [0.15, 0.2) is 180 Å². The quantitative estimate of drug-likeness (QED) is 0.190. The van der Waals surface area contributed by atoms with Gasteiger partial charge in [0.15, 0.2) is 0 Å². The number of pyridine rings is 1. The average molecular weight is 652 g/mol. The van der Waals surface area contributed by atoms with Crippen LogP contribution in [0, 0.1) is 0 Å². The van der Waals surface area contributed by atoms with Crippen molar-refractivity contribution >= 4 is 65.7 Å². The van der Waals surface area contributed by atoms with Crippen LogP contribution in [0.4, 0.5) is 0 Å². The van der Waals surface area contributed by atoms with Crippen LogP contribution in [0.3, 0.4) is 0 Å². The van der Waals surface area contributed by atoms with E-state index in [0.29, 0.717) is 0 Å². The second kappa shape index (κ2) is 10.8. The number of fused-ring (bicyclic) bond motifs is 9. The molecule has 0 spiro atoms. The Hall–Kier alpha value is -6.91. The first kappa shape index (κ1) is 28.0. The molecule has 0 unspecified atom stereocenters. The highest BCUT2D eigenvalue weighted by Crippen LogP contribution is 2.39. The highest BCUT2D eigenvalue weighted by atomic mass is 16.3. The Labute approximate surface area is 293 Å². The van der Waals surface area contributed by atoms with Gasteiger partial charge in [-0.15, -0.1) is 0 Å². The van der Waals surface area contributed by atoms with Gasteiger partial charge in [0.25, 0.3) is 0 Å². The molecule has 0 N–H and O–H groups in total. The zero-order chi connectivity index (χ0) is 33.5. The van der Waals surface area contributed by atoms with E-state index in [1.54, 1.807) is 0 Å². The second-order valence-electron chi connectivity index (χ2n) is 13.2. The lowest BCUT2D eigenvalue weighted by Crippen LogP contribution is -1.97. The van der Waals surface area contributed by atoms with E-state index in [2.05, 4.69) is 161 Å². The van der Waals surface area contributed by atoms with Crippen molar-refractivity contribution in [2.24, 2.45) is 0 Å². The fraction of sp³-hybridized carbons (Fsp3) is 0. The maximum Gasteiger partial charge on any atom is 0.145 e. The smallest absolute Gasteiger partial charge is 0.145 e. The van der Waals surface area contributed by atoms with Crippen LogP contribution in [0.1, 0.15) is 0 Å². The Morgan fingerprint density at radius 3 is 1.90 bits per heavy atom. The molecule has 0 atom stereocenters. The highest BCUT2D eigenvalue weighted by molar-refractivity contribution is 6.13. The highest BCUT2D eigenvalue weighted by Gasteiger charge is 2.18. The first-order chi connectivity index (χ1) is 25.3. The van der Waals surface area contributed by atoms with Gasteiger partial charge in [-0.2, -0.15) is 0 Å². The minimum Gasteiger partial charge on any atom is -0.456 e. The third-order valence-corrected chi connectivity index (χ3v) is 10.4. The number of benzene rings is 7. The molecule has 0 aliphatic heterocycles. The van der Waals surface area contributed by atoms with E-state index in [-0.39, 0.29) is 0 Å². The summed E-state index contributed by atoms with van der Waals surface area (Å²) in [4.78, 5) is 4.83. The van der Waals surface area contributed by atoms with Crippen LogP contribution in [-0.4, -0.2) is 14.1 Å². The van der Waals surface area contributed by atoms with Crippen LogP contribution in [0.25, 0.3) is 99.3 Å². The SMILES string of the molecule is c1cc(-c2cccc(-n3c4ccccc4c4cc(-n5c6ccccc6c6cccnc65)ccc43)c2)cc(-c2cccc3oc4ccccc4c23)c1. The number of rotatable bonds is 4. The fourth-order valence-electron chi connectivity index (χ4n) is 8.14. The summed E-state index contributed by atoms with van der Waals surface area (Å²) in [5.41, 5.74) is 13.2. The molecule has 4 heteroatoms. The number of hydrogen-bond donors (Lipinski definition) is 0. The molecule has 0 fully saturated rings. The molecular formula is C47H29N3O. The van der Waals surface area contributed by atoms with Crippen molar-refractivity contribution in [3.8, 4) is 33.6 Å². The van der Waals surface area contributed by atoms with Crippen molar-refractivity contribution in [2.75, 3.05) is 0 Å². The summed E-state index contributed by atoms with van der Waals surface area (Å²) in [7, 11) is 0. The molecule has 0 aliphatic rings. The molecule has 51 heavy (non-hydrogen) atoms. The maximum absolute atomic E-state index is 6.22. The molecule has 7 aromatic carbocycles. The summed E-state index contributed by atoms with van der Waals surface area (Å²) in [5.74, 6) is 0. The van der Waals surface area contributed by atoms with Gasteiger partial charge in [0.1, 0.15) is 16.8 Å². The van der Waals surface area contributed by atoms with E-state index in [1.807, 2.05) is 24.4 Å². The number of para-hydroxylation sites is 3. The number of hydrogen-bond acceptors (Lipinski definition) is 2. The summed E-state index contributed by atoms with van der Waals surface area (Å²) in [5, 5.41) is 7.08. The third-order valence-electron chi connectivity index (χ3n) is 10.4. The van der Waals surface area contributed by atoms with Gasteiger partial charge in [-0.3, -0.25) is 4.57 Å². The minimum atomic E-state index is 0.907. The lowest BCUT2D eigenvalue weighted by Gasteiger charge is -2.12. The molecule has 0 saturated heterocycles. The summed E-state index contributed by atoms with van der Waals surface area (Å²) in [6.07, 6.45) is 1.88. The van der Waals surface area contributed by atoms with Crippen LogP contribution in [-0.2, 0) is 0 Å². The fourth-order valence-corrected chi connectivity index (χ4v) is 8.14. The summed E-state index contributed by atoms with van der Waals surface area (Å²) in [6, 6.07) is 60.6. The Morgan fingerprint density at radius 2 is 1.02 bits per heavy atom. The van der Waals surface area contributed by atoms with Crippen LogP contribution >= 0.6 is 0 Å². The molecule has 4 heterocycles. The van der Waals surface area contributed by atoms with Crippen molar-refractivity contribution in [1.29, 1.82) is 0 Å². The molecular weight excluding hydrogens is 623 g/mol. The van der Waals surface area contributed by atoms with Crippen molar-refractivity contribution < 1.29 is 4.42 Å². The second-order valence-corrected chi connectivity index (χ2v) is 13.2. The molecule has 4 nitrogen and oxygen atoms in total.